The molecule has 0 spiro atoms. The fourth-order valence-corrected chi connectivity index (χ4v) is 0.510. The summed E-state index contributed by atoms with van der Waals surface area (Å²) in [6.07, 6.45) is 0. The molecular formula is C5H9N3O2. The van der Waals surface area contributed by atoms with Crippen LogP contribution in [0.1, 0.15) is 5.69 Å². The van der Waals surface area contributed by atoms with Crippen molar-refractivity contribution in [3.8, 4) is 5.88 Å². The van der Waals surface area contributed by atoms with E-state index in [0.29, 0.717) is 24.7 Å². The molecule has 0 radical (unpaired) electrons. The standard InChI is InChI=1S/C5H9N3O2/c1-4-5(8-10-7-4)9-3-2-6/h2-3,6H2,1H3. The maximum absolute atomic E-state index is 5.19. The number of nitrogens with zero attached hydrogens (tertiary/aromatic N) is 2. The highest BCUT2D eigenvalue weighted by atomic mass is 16.6. The Hall–Kier alpha value is -1.10. The molecule has 0 aliphatic rings. The third-order valence-corrected chi connectivity index (χ3v) is 0.968. The summed E-state index contributed by atoms with van der Waals surface area (Å²) in [5.41, 5.74) is 5.84. The Morgan fingerprint density at radius 2 is 2.40 bits per heavy atom. The van der Waals surface area contributed by atoms with E-state index in [1.54, 1.807) is 6.92 Å². The smallest absolute Gasteiger partial charge is 0.278 e. The van der Waals surface area contributed by atoms with Gasteiger partial charge in [0.1, 0.15) is 12.3 Å². The Kier molecular flexibility index (Phi) is 2.22. The summed E-state index contributed by atoms with van der Waals surface area (Å²) < 4.78 is 9.41. The Labute approximate surface area is 58.1 Å². The molecule has 1 rings (SSSR count). The van der Waals surface area contributed by atoms with E-state index in [9.17, 15) is 0 Å². The lowest BCUT2D eigenvalue weighted by atomic mass is 10.5. The first kappa shape index (κ1) is 7.01. The lowest BCUT2D eigenvalue weighted by Gasteiger charge is -1.96. The average Bonchev–Trinajstić information content (AvgIpc) is 2.31. The third-order valence-electron chi connectivity index (χ3n) is 0.968. The Balaban J connectivity index is 2.49. The lowest BCUT2D eigenvalue weighted by molar-refractivity contribution is 0.260. The summed E-state index contributed by atoms with van der Waals surface area (Å²) in [6.45, 7) is 2.66. The van der Waals surface area contributed by atoms with Crippen LogP contribution in [0.5, 0.6) is 5.88 Å². The van der Waals surface area contributed by atoms with Crippen LogP contribution in [0.3, 0.4) is 0 Å². The number of rotatable bonds is 3. The van der Waals surface area contributed by atoms with E-state index < -0.39 is 0 Å². The lowest BCUT2D eigenvalue weighted by Crippen LogP contribution is -2.11. The molecule has 0 saturated heterocycles. The third kappa shape index (κ3) is 1.44. The molecule has 0 aliphatic carbocycles. The van der Waals surface area contributed by atoms with E-state index in [0.717, 1.165) is 0 Å². The van der Waals surface area contributed by atoms with E-state index in [-0.39, 0.29) is 0 Å². The fourth-order valence-electron chi connectivity index (χ4n) is 0.510. The van der Waals surface area contributed by atoms with Crippen molar-refractivity contribution in [2.45, 2.75) is 6.92 Å². The largest absolute Gasteiger partial charge is 0.473 e. The minimum atomic E-state index is 0.422. The predicted octanol–water partition coefficient (Wildman–Crippen LogP) is -0.284. The van der Waals surface area contributed by atoms with Crippen molar-refractivity contribution in [3.05, 3.63) is 5.69 Å². The zero-order valence-corrected chi connectivity index (χ0v) is 5.70. The van der Waals surface area contributed by atoms with Crippen LogP contribution in [-0.4, -0.2) is 23.5 Å². The maximum atomic E-state index is 5.19. The molecule has 0 aromatic carbocycles. The van der Waals surface area contributed by atoms with Crippen molar-refractivity contribution >= 4 is 0 Å². The molecule has 0 unspecified atom stereocenters. The minimum absolute atomic E-state index is 0.422. The number of ether oxygens (including phenoxy) is 1. The Bertz CT molecular complexity index is 199. The van der Waals surface area contributed by atoms with Crippen LogP contribution in [0, 0.1) is 6.92 Å². The molecule has 2 N–H and O–H groups in total. The molecular weight excluding hydrogens is 134 g/mol. The van der Waals surface area contributed by atoms with Gasteiger partial charge in [-0.15, -0.1) is 0 Å². The van der Waals surface area contributed by atoms with Crippen LogP contribution in [-0.2, 0) is 0 Å². The highest BCUT2D eigenvalue weighted by Gasteiger charge is 2.03. The van der Waals surface area contributed by atoms with Gasteiger partial charge in [0.15, 0.2) is 0 Å². The Morgan fingerprint density at radius 1 is 1.60 bits per heavy atom. The normalized spacial score (nSPS) is 9.80. The summed E-state index contributed by atoms with van der Waals surface area (Å²) in [7, 11) is 0. The van der Waals surface area contributed by atoms with Crippen LogP contribution in [0.25, 0.3) is 0 Å². The molecule has 0 amide bonds. The van der Waals surface area contributed by atoms with Crippen molar-refractivity contribution < 1.29 is 9.37 Å². The van der Waals surface area contributed by atoms with Gasteiger partial charge in [-0.05, 0) is 12.1 Å². The second-order valence-corrected chi connectivity index (χ2v) is 1.79. The van der Waals surface area contributed by atoms with E-state index >= 15 is 0 Å². The number of aryl methyl sites for hydroxylation is 1. The van der Waals surface area contributed by atoms with Crippen LogP contribution in [0.2, 0.25) is 0 Å². The minimum Gasteiger partial charge on any atom is -0.473 e. The van der Waals surface area contributed by atoms with Gasteiger partial charge in [-0.2, -0.15) is 0 Å². The molecule has 0 bridgehead atoms. The zero-order chi connectivity index (χ0) is 7.40. The quantitative estimate of drug-likeness (QED) is 0.629. The van der Waals surface area contributed by atoms with Crippen LogP contribution in [0.4, 0.5) is 0 Å². The maximum Gasteiger partial charge on any atom is 0.278 e. The predicted molar refractivity (Wildman–Crippen MR) is 33.6 cm³/mol. The van der Waals surface area contributed by atoms with Crippen molar-refractivity contribution in [2.75, 3.05) is 13.2 Å². The molecule has 0 fully saturated rings. The topological polar surface area (TPSA) is 74.2 Å². The number of nitrogens with two attached hydrogens (primary N) is 1. The molecule has 1 heterocycles. The van der Waals surface area contributed by atoms with Crippen LogP contribution < -0.4 is 10.5 Å². The van der Waals surface area contributed by atoms with Gasteiger partial charge in [-0.3, -0.25) is 0 Å². The SMILES string of the molecule is Cc1nonc1OCCN. The van der Waals surface area contributed by atoms with Gasteiger partial charge in [-0.1, -0.05) is 5.16 Å². The van der Waals surface area contributed by atoms with Gasteiger partial charge in [0.25, 0.3) is 5.88 Å². The summed E-state index contributed by atoms with van der Waals surface area (Å²) in [5, 5.41) is 7.01. The molecule has 56 valence electrons. The van der Waals surface area contributed by atoms with Gasteiger partial charge >= 0.3 is 0 Å². The van der Waals surface area contributed by atoms with E-state index in [1.807, 2.05) is 0 Å². The zero-order valence-electron chi connectivity index (χ0n) is 5.70. The summed E-state index contributed by atoms with van der Waals surface area (Å²) in [6, 6.07) is 0. The Morgan fingerprint density at radius 3 is 2.90 bits per heavy atom. The van der Waals surface area contributed by atoms with Crippen LogP contribution in [0.15, 0.2) is 4.63 Å². The van der Waals surface area contributed by atoms with E-state index in [2.05, 4.69) is 14.9 Å². The number of aromatic nitrogens is 2. The first-order valence-electron chi connectivity index (χ1n) is 2.96. The monoisotopic (exact) mass is 143 g/mol. The van der Waals surface area contributed by atoms with E-state index in [4.69, 9.17) is 10.5 Å². The summed E-state index contributed by atoms with van der Waals surface area (Å²) in [5.74, 6) is 0.422. The molecule has 0 saturated carbocycles. The van der Waals surface area contributed by atoms with Gasteiger partial charge in [-0.25, -0.2) is 4.63 Å². The van der Waals surface area contributed by atoms with Gasteiger partial charge in [0.05, 0.1) is 0 Å². The first-order valence-corrected chi connectivity index (χ1v) is 2.96. The van der Waals surface area contributed by atoms with Gasteiger partial charge in [0.2, 0.25) is 0 Å². The molecule has 1 aromatic rings. The van der Waals surface area contributed by atoms with Crippen molar-refractivity contribution in [1.82, 2.24) is 10.3 Å². The molecule has 0 aliphatic heterocycles. The van der Waals surface area contributed by atoms with Crippen LogP contribution >= 0.6 is 0 Å². The molecule has 5 heteroatoms. The van der Waals surface area contributed by atoms with E-state index in [1.165, 1.54) is 0 Å². The molecule has 1 aromatic heterocycles. The first-order chi connectivity index (χ1) is 4.84. The number of hydrogen-bond acceptors (Lipinski definition) is 5. The molecule has 10 heavy (non-hydrogen) atoms. The number of hydrogen-bond donors (Lipinski definition) is 1. The average molecular weight is 143 g/mol. The van der Waals surface area contributed by atoms with Crippen molar-refractivity contribution in [2.24, 2.45) is 5.73 Å². The van der Waals surface area contributed by atoms with Gasteiger partial charge < -0.3 is 10.5 Å². The second-order valence-electron chi connectivity index (χ2n) is 1.79. The fraction of sp³-hybridized carbons (Fsp3) is 0.600. The summed E-state index contributed by atoms with van der Waals surface area (Å²) >= 11 is 0. The van der Waals surface area contributed by atoms with Crippen molar-refractivity contribution in [3.63, 3.8) is 0 Å². The molecule has 5 nitrogen and oxygen atoms in total. The molecule has 0 atom stereocenters. The highest BCUT2D eigenvalue weighted by Crippen LogP contribution is 2.08. The highest BCUT2D eigenvalue weighted by molar-refractivity contribution is 5.11. The second kappa shape index (κ2) is 3.17. The van der Waals surface area contributed by atoms with Gasteiger partial charge in [0, 0.05) is 6.54 Å². The summed E-state index contributed by atoms with van der Waals surface area (Å²) in [4.78, 5) is 0. The van der Waals surface area contributed by atoms with Crippen molar-refractivity contribution in [1.29, 1.82) is 0 Å².